The fraction of sp³-hybridized carbons (Fsp3) is 0.467. The van der Waals surface area contributed by atoms with Crippen molar-refractivity contribution in [1.82, 2.24) is 0 Å². The summed E-state index contributed by atoms with van der Waals surface area (Å²) < 4.78 is 37.6. The second-order valence-electron chi connectivity index (χ2n) is 4.75. The molecule has 0 fully saturated rings. The summed E-state index contributed by atoms with van der Waals surface area (Å²) in [6, 6.07) is 6.36. The summed E-state index contributed by atoms with van der Waals surface area (Å²) in [5.74, 6) is -0.432. The van der Waals surface area contributed by atoms with Crippen molar-refractivity contribution in [3.8, 4) is 6.07 Å². The maximum Gasteiger partial charge on any atom is 0.416 e. The smallest absolute Gasteiger partial charge is 0.311 e. The molecule has 0 aromatic heterocycles. The van der Waals surface area contributed by atoms with E-state index in [4.69, 9.17) is 5.26 Å². The molecule has 0 aliphatic rings. The van der Waals surface area contributed by atoms with Crippen LogP contribution in [-0.4, -0.2) is 12.5 Å². The first-order valence-corrected chi connectivity index (χ1v) is 6.66. The van der Waals surface area contributed by atoms with Crippen molar-refractivity contribution in [2.45, 2.75) is 32.9 Å². The number of hydrogen-bond donors (Lipinski definition) is 0. The van der Waals surface area contributed by atoms with E-state index in [0.717, 1.165) is 12.1 Å². The number of rotatable bonds is 5. The zero-order valence-electron chi connectivity index (χ0n) is 11.9. The average Bonchev–Trinajstić information content (AvgIpc) is 2.46. The molecule has 1 atom stereocenters. The molecule has 6 heteroatoms. The van der Waals surface area contributed by atoms with E-state index in [-0.39, 0.29) is 24.8 Å². The summed E-state index contributed by atoms with van der Waals surface area (Å²) in [6.45, 7) is 3.79. The number of benzene rings is 1. The van der Waals surface area contributed by atoms with Gasteiger partial charge in [-0.1, -0.05) is 13.8 Å². The van der Waals surface area contributed by atoms with Crippen molar-refractivity contribution in [3.63, 3.8) is 0 Å². The summed E-state index contributed by atoms with van der Waals surface area (Å²) in [5, 5.41) is 8.65. The van der Waals surface area contributed by atoms with Crippen LogP contribution in [0.4, 0.5) is 18.9 Å². The van der Waals surface area contributed by atoms with Crippen LogP contribution in [-0.2, 0) is 11.0 Å². The lowest BCUT2D eigenvalue weighted by Gasteiger charge is -2.25. The second kappa shape index (κ2) is 7.11. The Morgan fingerprint density at radius 3 is 2.33 bits per heavy atom. The normalized spacial score (nSPS) is 12.6. The number of carbonyl (C=O) groups excluding carboxylic acids is 1. The van der Waals surface area contributed by atoms with Gasteiger partial charge in [0.1, 0.15) is 0 Å². The first kappa shape index (κ1) is 17.0. The van der Waals surface area contributed by atoms with Crippen molar-refractivity contribution < 1.29 is 18.0 Å². The largest absolute Gasteiger partial charge is 0.416 e. The molecule has 0 saturated carbocycles. The summed E-state index contributed by atoms with van der Waals surface area (Å²) >= 11 is 0. The zero-order valence-corrected chi connectivity index (χ0v) is 11.9. The van der Waals surface area contributed by atoms with Gasteiger partial charge in [-0.15, -0.1) is 0 Å². The van der Waals surface area contributed by atoms with Crippen LogP contribution in [0.1, 0.15) is 32.3 Å². The van der Waals surface area contributed by atoms with Crippen molar-refractivity contribution in [3.05, 3.63) is 29.8 Å². The Morgan fingerprint density at radius 1 is 1.33 bits per heavy atom. The third kappa shape index (κ3) is 4.48. The van der Waals surface area contributed by atoms with E-state index in [1.54, 1.807) is 6.92 Å². The number of hydrogen-bond acceptors (Lipinski definition) is 2. The fourth-order valence-corrected chi connectivity index (χ4v) is 1.80. The molecule has 1 aromatic rings. The number of nitriles is 1. The molecule has 1 amide bonds. The molecule has 0 radical (unpaired) electrons. The third-order valence-electron chi connectivity index (χ3n) is 3.25. The highest BCUT2D eigenvalue weighted by Crippen LogP contribution is 2.30. The van der Waals surface area contributed by atoms with Crippen molar-refractivity contribution in [1.29, 1.82) is 5.26 Å². The van der Waals surface area contributed by atoms with Gasteiger partial charge in [0.05, 0.1) is 18.1 Å². The van der Waals surface area contributed by atoms with Gasteiger partial charge < -0.3 is 4.90 Å². The lowest BCUT2D eigenvalue weighted by Crippen LogP contribution is -2.35. The van der Waals surface area contributed by atoms with E-state index in [1.807, 2.05) is 13.0 Å². The average molecular weight is 298 g/mol. The van der Waals surface area contributed by atoms with Crippen LogP contribution in [0.3, 0.4) is 0 Å². The highest BCUT2D eigenvalue weighted by molar-refractivity contribution is 5.94. The van der Waals surface area contributed by atoms with E-state index in [9.17, 15) is 18.0 Å². The second-order valence-corrected chi connectivity index (χ2v) is 4.75. The van der Waals surface area contributed by atoms with Gasteiger partial charge in [-0.05, 0) is 30.7 Å². The Labute approximate surface area is 122 Å². The van der Waals surface area contributed by atoms with Gasteiger partial charge in [0.2, 0.25) is 5.91 Å². The van der Waals surface area contributed by atoms with Gasteiger partial charge in [-0.3, -0.25) is 4.79 Å². The number of anilines is 1. The lowest BCUT2D eigenvalue weighted by molar-refractivity contribution is -0.137. The minimum Gasteiger partial charge on any atom is -0.311 e. The predicted molar refractivity (Wildman–Crippen MR) is 73.5 cm³/mol. The molecule has 1 unspecified atom stereocenters. The van der Waals surface area contributed by atoms with Crippen LogP contribution in [0.2, 0.25) is 0 Å². The number of alkyl halides is 3. The van der Waals surface area contributed by atoms with Gasteiger partial charge in [-0.25, -0.2) is 0 Å². The molecular weight excluding hydrogens is 281 g/mol. The van der Waals surface area contributed by atoms with Crippen LogP contribution in [0.25, 0.3) is 0 Å². The minimum absolute atomic E-state index is 0.128. The summed E-state index contributed by atoms with van der Waals surface area (Å²) in [7, 11) is 0. The first-order chi connectivity index (χ1) is 9.81. The van der Waals surface area contributed by atoms with Crippen molar-refractivity contribution in [2.75, 3.05) is 11.4 Å². The van der Waals surface area contributed by atoms with Crippen molar-refractivity contribution in [2.24, 2.45) is 5.92 Å². The van der Waals surface area contributed by atoms with E-state index in [2.05, 4.69) is 0 Å². The predicted octanol–water partition coefficient (Wildman–Crippen LogP) is 4.00. The molecule has 0 spiro atoms. The van der Waals surface area contributed by atoms with Crippen LogP contribution < -0.4 is 4.90 Å². The molecule has 1 aromatic carbocycles. The fourth-order valence-electron chi connectivity index (χ4n) is 1.80. The highest BCUT2D eigenvalue weighted by Gasteiger charge is 2.30. The maximum atomic E-state index is 12.5. The summed E-state index contributed by atoms with van der Waals surface area (Å²) in [4.78, 5) is 13.6. The number of nitrogens with zero attached hydrogens (tertiary/aromatic N) is 2. The van der Waals surface area contributed by atoms with Crippen LogP contribution >= 0.6 is 0 Å². The molecule has 0 saturated heterocycles. The molecule has 0 heterocycles. The molecule has 21 heavy (non-hydrogen) atoms. The molecular formula is C15H17F3N2O. The first-order valence-electron chi connectivity index (χ1n) is 6.66. The van der Waals surface area contributed by atoms with E-state index in [0.29, 0.717) is 12.1 Å². The Morgan fingerprint density at radius 2 is 1.90 bits per heavy atom. The zero-order chi connectivity index (χ0) is 16.0. The molecule has 0 N–H and O–H groups in total. The van der Waals surface area contributed by atoms with Crippen molar-refractivity contribution >= 4 is 11.6 Å². The summed E-state index contributed by atoms with van der Waals surface area (Å²) in [5.41, 5.74) is -0.383. The quantitative estimate of drug-likeness (QED) is 0.824. The number of carbonyl (C=O) groups is 1. The Balaban J connectivity index is 3.04. The standard InChI is InChI=1S/C15H17F3N2O/c1-3-11(2)14(21)20(10-4-9-19)13-7-5-12(6-8-13)15(16,17)18/h5-8,11H,3-4,10H2,1-2H3. The van der Waals surface area contributed by atoms with Crippen LogP contribution in [0.15, 0.2) is 24.3 Å². The number of halogens is 3. The molecule has 0 aliphatic carbocycles. The van der Waals surface area contributed by atoms with Crippen LogP contribution in [0.5, 0.6) is 0 Å². The van der Waals surface area contributed by atoms with E-state index >= 15 is 0 Å². The van der Waals surface area contributed by atoms with Gasteiger partial charge in [0.15, 0.2) is 0 Å². The Hall–Kier alpha value is -2.03. The van der Waals surface area contributed by atoms with Crippen LogP contribution in [0, 0.1) is 17.2 Å². The third-order valence-corrected chi connectivity index (χ3v) is 3.25. The highest BCUT2D eigenvalue weighted by atomic mass is 19.4. The van der Waals surface area contributed by atoms with Gasteiger partial charge in [0.25, 0.3) is 0 Å². The van der Waals surface area contributed by atoms with Gasteiger partial charge >= 0.3 is 6.18 Å². The SMILES string of the molecule is CCC(C)C(=O)N(CCC#N)c1ccc(C(F)(F)F)cc1. The molecule has 114 valence electrons. The van der Waals surface area contributed by atoms with E-state index in [1.165, 1.54) is 17.0 Å². The monoisotopic (exact) mass is 298 g/mol. The number of amides is 1. The Kier molecular flexibility index (Phi) is 5.77. The topological polar surface area (TPSA) is 44.1 Å². The summed E-state index contributed by atoms with van der Waals surface area (Å²) in [6.07, 6.45) is -3.65. The molecule has 0 aliphatic heterocycles. The molecule has 3 nitrogen and oxygen atoms in total. The lowest BCUT2D eigenvalue weighted by atomic mass is 10.1. The minimum atomic E-state index is -4.41. The van der Waals surface area contributed by atoms with Gasteiger partial charge in [-0.2, -0.15) is 18.4 Å². The van der Waals surface area contributed by atoms with Gasteiger partial charge in [0, 0.05) is 18.2 Å². The molecule has 0 bridgehead atoms. The molecule has 1 rings (SSSR count). The Bertz CT molecular complexity index is 517. The van der Waals surface area contributed by atoms with E-state index < -0.39 is 11.7 Å². The maximum absolute atomic E-state index is 12.5.